The molecule has 3 rings (SSSR count). The van der Waals surface area contributed by atoms with Crippen molar-refractivity contribution in [2.75, 3.05) is 7.11 Å². The molecule has 0 aliphatic rings. The van der Waals surface area contributed by atoms with Crippen molar-refractivity contribution in [3.63, 3.8) is 0 Å². The predicted molar refractivity (Wildman–Crippen MR) is 122 cm³/mol. The molecule has 0 amide bonds. The van der Waals surface area contributed by atoms with Crippen LogP contribution in [0.1, 0.15) is 20.7 Å². The molecule has 0 spiro atoms. The van der Waals surface area contributed by atoms with Crippen LogP contribution in [0.3, 0.4) is 0 Å². The molecule has 0 aromatic heterocycles. The maximum absolute atomic E-state index is 14.4. The molecule has 0 radical (unpaired) electrons. The highest BCUT2D eigenvalue weighted by atomic mass is 35.5. The molecule has 9 heteroatoms. The summed E-state index contributed by atoms with van der Waals surface area (Å²) in [6, 6.07) is 14.8. The molecule has 0 aliphatic heterocycles. The van der Waals surface area contributed by atoms with Crippen LogP contribution >= 0.6 is 53.5 Å². The van der Waals surface area contributed by atoms with E-state index in [1.165, 1.54) is 61.7 Å². The lowest BCUT2D eigenvalue weighted by Gasteiger charge is -2.20. The van der Waals surface area contributed by atoms with Crippen molar-refractivity contribution in [3.05, 3.63) is 91.9 Å². The molecule has 154 valence electrons. The van der Waals surface area contributed by atoms with E-state index in [1.807, 2.05) is 0 Å². The minimum atomic E-state index is -4.60. The second kappa shape index (κ2) is 9.13. The zero-order valence-corrected chi connectivity index (χ0v) is 19.3. The van der Waals surface area contributed by atoms with Gasteiger partial charge in [-0.05, 0) is 36.4 Å². The summed E-state index contributed by atoms with van der Waals surface area (Å²) >= 11 is 24.7. The topological polar surface area (TPSA) is 60.4 Å². The van der Waals surface area contributed by atoms with Gasteiger partial charge in [0.05, 0.1) is 43.6 Å². The lowest BCUT2D eigenvalue weighted by atomic mass is 10.2. The highest BCUT2D eigenvalue weighted by Gasteiger charge is 2.47. The van der Waals surface area contributed by atoms with Gasteiger partial charge in [-0.2, -0.15) is 0 Å². The van der Waals surface area contributed by atoms with E-state index in [-0.39, 0.29) is 42.3 Å². The van der Waals surface area contributed by atoms with Gasteiger partial charge in [-0.15, -0.1) is 0 Å². The smallest absolute Gasteiger partial charge is 0.252 e. The monoisotopic (exact) mass is 500 g/mol. The van der Waals surface area contributed by atoms with Crippen LogP contribution in [-0.2, 0) is 4.57 Å². The normalized spacial score (nSPS) is 11.2. The zero-order valence-electron chi connectivity index (χ0n) is 15.4. The van der Waals surface area contributed by atoms with Gasteiger partial charge in [0.2, 0.25) is 11.0 Å². The van der Waals surface area contributed by atoms with E-state index < -0.39 is 18.2 Å². The van der Waals surface area contributed by atoms with Crippen molar-refractivity contribution in [1.29, 1.82) is 0 Å². The molecule has 0 unspecified atom stereocenters. The van der Waals surface area contributed by atoms with Gasteiger partial charge in [-0.25, -0.2) is 0 Å². The molecule has 0 N–H and O–H groups in total. The Morgan fingerprint density at radius 1 is 0.700 bits per heavy atom. The quantitative estimate of drug-likeness (QED) is 0.342. The third-order valence-electron chi connectivity index (χ3n) is 4.35. The molecule has 0 bridgehead atoms. The molecular weight excluding hydrogens is 489 g/mol. The molecule has 3 aromatic carbocycles. The molecule has 30 heavy (non-hydrogen) atoms. The maximum Gasteiger partial charge on any atom is 0.252 e. The zero-order chi connectivity index (χ0) is 22.1. The summed E-state index contributed by atoms with van der Waals surface area (Å²) in [6.45, 7) is 0. The Kier molecular flexibility index (Phi) is 6.96. The van der Waals surface area contributed by atoms with Crippen LogP contribution in [0.4, 0.5) is 0 Å². The number of hydrogen-bond acceptors (Lipinski definition) is 4. The Morgan fingerprint density at radius 3 is 1.50 bits per heavy atom. The van der Waals surface area contributed by atoms with Crippen molar-refractivity contribution in [1.82, 2.24) is 0 Å². The van der Waals surface area contributed by atoms with E-state index in [1.54, 1.807) is 6.07 Å². The number of carbonyl (C=O) groups excluding carboxylic acids is 2. The minimum Gasteiger partial charge on any atom is -0.496 e. The van der Waals surface area contributed by atoms with Crippen molar-refractivity contribution in [2.45, 2.75) is 0 Å². The third kappa shape index (κ3) is 3.91. The molecule has 0 atom stereocenters. The van der Waals surface area contributed by atoms with Crippen LogP contribution in [0.2, 0.25) is 20.1 Å². The van der Waals surface area contributed by atoms with E-state index in [0.29, 0.717) is 0 Å². The van der Waals surface area contributed by atoms with E-state index in [9.17, 15) is 14.2 Å². The molecule has 3 aromatic rings. The van der Waals surface area contributed by atoms with Gasteiger partial charge < -0.3 is 9.30 Å². The Bertz CT molecular complexity index is 1100. The fraction of sp³-hybridized carbons (Fsp3) is 0.0476. The Balaban J connectivity index is 2.37. The van der Waals surface area contributed by atoms with E-state index in [0.717, 1.165) is 0 Å². The molecule has 0 heterocycles. The number of halogens is 4. The molecular formula is C21H13Cl4O4P. The predicted octanol–water partition coefficient (Wildman–Crippen LogP) is 6.98. The first kappa shape index (κ1) is 22.9. The second-order valence-electron chi connectivity index (χ2n) is 6.08. The van der Waals surface area contributed by atoms with Crippen LogP contribution in [0.25, 0.3) is 0 Å². The summed E-state index contributed by atoms with van der Waals surface area (Å²) in [5.41, 5.74) is -2.54. The Morgan fingerprint density at radius 2 is 1.10 bits per heavy atom. The summed E-state index contributed by atoms with van der Waals surface area (Å²) in [6.07, 6.45) is 0. The molecule has 4 nitrogen and oxygen atoms in total. The molecule has 0 fully saturated rings. The first-order valence-corrected chi connectivity index (χ1v) is 11.7. The van der Waals surface area contributed by atoms with Crippen LogP contribution in [0.15, 0.2) is 60.7 Å². The van der Waals surface area contributed by atoms with Gasteiger partial charge in [0, 0.05) is 0 Å². The second-order valence-corrected chi connectivity index (χ2v) is 10.2. The van der Waals surface area contributed by atoms with E-state index in [2.05, 4.69) is 0 Å². The van der Waals surface area contributed by atoms with Crippen LogP contribution in [0, 0.1) is 0 Å². The first-order chi connectivity index (χ1) is 14.2. The largest absolute Gasteiger partial charge is 0.496 e. The number of ether oxygens (including phenoxy) is 1. The lowest BCUT2D eigenvalue weighted by molar-refractivity contribution is 0.104. The van der Waals surface area contributed by atoms with Crippen LogP contribution < -0.4 is 10.0 Å². The number of carbonyl (C=O) groups is 2. The number of benzene rings is 3. The first-order valence-electron chi connectivity index (χ1n) is 8.45. The fourth-order valence-electron chi connectivity index (χ4n) is 2.92. The third-order valence-corrected chi connectivity index (χ3v) is 8.25. The van der Waals surface area contributed by atoms with Crippen LogP contribution in [0.5, 0.6) is 5.75 Å². The van der Waals surface area contributed by atoms with Gasteiger partial charge in [0.15, 0.2) is 0 Å². The van der Waals surface area contributed by atoms with Gasteiger partial charge in [0.1, 0.15) is 5.75 Å². The van der Waals surface area contributed by atoms with Gasteiger partial charge >= 0.3 is 0 Å². The Hall–Kier alpha value is -1.81. The van der Waals surface area contributed by atoms with Gasteiger partial charge in [0.25, 0.3) is 7.14 Å². The number of para-hydroxylation sites is 1. The Labute approximate surface area is 193 Å². The lowest BCUT2D eigenvalue weighted by Crippen LogP contribution is -2.23. The van der Waals surface area contributed by atoms with Crippen molar-refractivity contribution < 1.29 is 18.9 Å². The number of hydrogen-bond donors (Lipinski definition) is 0. The average Bonchev–Trinajstić information content (AvgIpc) is 2.72. The minimum absolute atomic E-state index is 0.0410. The van der Waals surface area contributed by atoms with E-state index in [4.69, 9.17) is 51.1 Å². The van der Waals surface area contributed by atoms with Gasteiger partial charge in [-0.3, -0.25) is 9.59 Å². The molecule has 0 aliphatic carbocycles. The SMILES string of the molecule is COc1ccccc1P(=O)(C(=O)c1c(Cl)cccc1Cl)C(=O)c1c(Cl)cccc1Cl. The highest BCUT2D eigenvalue weighted by molar-refractivity contribution is 8.01. The van der Waals surface area contributed by atoms with Crippen molar-refractivity contribution in [3.8, 4) is 5.75 Å². The van der Waals surface area contributed by atoms with E-state index >= 15 is 0 Å². The molecule has 0 saturated carbocycles. The molecule has 0 saturated heterocycles. The summed E-state index contributed by atoms with van der Waals surface area (Å²) in [5, 5.41) is -0.266. The fourth-order valence-corrected chi connectivity index (χ4v) is 6.83. The number of methoxy groups -OCH3 is 1. The summed E-state index contributed by atoms with van der Waals surface area (Å²) < 4.78 is 19.7. The van der Waals surface area contributed by atoms with Crippen molar-refractivity contribution in [2.24, 2.45) is 0 Å². The summed E-state index contributed by atoms with van der Waals surface area (Å²) in [5.74, 6) is 0.0916. The maximum atomic E-state index is 14.4. The number of rotatable bonds is 6. The van der Waals surface area contributed by atoms with Crippen LogP contribution in [-0.4, -0.2) is 18.2 Å². The average molecular weight is 502 g/mol. The standard InChI is InChI=1S/C21H13Cl4O4P/c1-29-16-10-2-3-11-17(16)30(28,20(26)18-12(22)6-4-7-13(18)23)21(27)19-14(24)8-5-9-15(19)25/h2-11H,1H3. The van der Waals surface area contributed by atoms with Gasteiger partial charge in [-0.1, -0.05) is 70.7 Å². The highest BCUT2D eigenvalue weighted by Crippen LogP contribution is 2.55. The summed E-state index contributed by atoms with van der Waals surface area (Å²) in [7, 11) is -3.26. The van der Waals surface area contributed by atoms with Crippen molar-refractivity contribution >= 4 is 69.9 Å². The summed E-state index contributed by atoms with van der Waals surface area (Å²) in [4.78, 5) is 27.2.